The van der Waals surface area contributed by atoms with Gasteiger partial charge >= 0.3 is 0 Å². The van der Waals surface area contributed by atoms with Crippen molar-refractivity contribution in [1.29, 1.82) is 0 Å². The van der Waals surface area contributed by atoms with E-state index < -0.39 is 0 Å². The lowest BCUT2D eigenvalue weighted by Crippen LogP contribution is -2.31. The van der Waals surface area contributed by atoms with Crippen molar-refractivity contribution in [2.45, 2.75) is 19.3 Å². The Morgan fingerprint density at radius 1 is 0.857 bits per heavy atom. The van der Waals surface area contributed by atoms with Crippen LogP contribution in [0.1, 0.15) is 40.0 Å². The predicted molar refractivity (Wildman–Crippen MR) is 79.9 cm³/mol. The number of amides is 2. The van der Waals surface area contributed by atoms with Gasteiger partial charge in [-0.25, -0.2) is 0 Å². The molecule has 4 heteroatoms. The molecule has 2 amide bonds. The van der Waals surface area contributed by atoms with Crippen molar-refractivity contribution in [3.05, 3.63) is 35.4 Å². The van der Waals surface area contributed by atoms with Gasteiger partial charge in [-0.2, -0.15) is 0 Å². The Morgan fingerprint density at radius 2 is 1.43 bits per heavy atom. The van der Waals surface area contributed by atoms with Gasteiger partial charge in [0.2, 0.25) is 0 Å². The molecule has 0 N–H and O–H groups in total. The van der Waals surface area contributed by atoms with E-state index in [-0.39, 0.29) is 18.4 Å². The lowest BCUT2D eigenvalue weighted by molar-refractivity contribution is 0.0675. The van der Waals surface area contributed by atoms with Gasteiger partial charge in [0.25, 0.3) is 11.8 Å². The first kappa shape index (κ1) is 13.8. The van der Waals surface area contributed by atoms with Crippen molar-refractivity contribution in [3.63, 3.8) is 0 Å². The maximum Gasteiger partial charge on any atom is 0.262 e. The van der Waals surface area contributed by atoms with E-state index in [1.165, 1.54) is 24.2 Å². The van der Waals surface area contributed by atoms with Gasteiger partial charge in [0.1, 0.15) is 0 Å². The average molecular weight is 282 g/mol. The molecule has 0 bridgehead atoms. The molecule has 0 aromatic heterocycles. The number of carbonyl (C=O) groups is 2. The number of carbonyl (C=O) groups excluding carboxylic acids is 2. The van der Waals surface area contributed by atoms with E-state index in [9.17, 15) is 9.59 Å². The van der Waals surface area contributed by atoms with Crippen LogP contribution in [-0.2, 0) is 0 Å². The van der Waals surface area contributed by atoms with Crippen molar-refractivity contribution in [3.8, 4) is 11.8 Å². The zero-order valence-electron chi connectivity index (χ0n) is 12.0. The summed E-state index contributed by atoms with van der Waals surface area (Å²) < 4.78 is 0. The maximum absolute atomic E-state index is 12.1. The molecule has 1 aromatic rings. The van der Waals surface area contributed by atoms with Crippen molar-refractivity contribution >= 4 is 11.8 Å². The molecule has 0 saturated carbocycles. The van der Waals surface area contributed by atoms with E-state index in [0.29, 0.717) is 11.1 Å². The third kappa shape index (κ3) is 2.84. The molecule has 0 unspecified atom stereocenters. The number of benzene rings is 1. The molecule has 1 fully saturated rings. The molecule has 0 spiro atoms. The molecule has 0 atom stereocenters. The van der Waals surface area contributed by atoms with E-state index in [4.69, 9.17) is 0 Å². The summed E-state index contributed by atoms with van der Waals surface area (Å²) in [7, 11) is 0. The summed E-state index contributed by atoms with van der Waals surface area (Å²) >= 11 is 0. The van der Waals surface area contributed by atoms with Gasteiger partial charge < -0.3 is 0 Å². The Balaban J connectivity index is 1.60. The van der Waals surface area contributed by atoms with Gasteiger partial charge in [0.05, 0.1) is 24.2 Å². The third-order valence-electron chi connectivity index (χ3n) is 3.99. The van der Waals surface area contributed by atoms with Gasteiger partial charge in [-0.05, 0) is 38.1 Å². The van der Waals surface area contributed by atoms with Crippen LogP contribution in [0.5, 0.6) is 0 Å². The number of imide groups is 1. The van der Waals surface area contributed by atoms with Gasteiger partial charge in [0, 0.05) is 0 Å². The molecule has 4 nitrogen and oxygen atoms in total. The minimum absolute atomic E-state index is 0.181. The Hall–Kier alpha value is -2.12. The fourth-order valence-electron chi connectivity index (χ4n) is 2.80. The van der Waals surface area contributed by atoms with Gasteiger partial charge in [0.15, 0.2) is 0 Å². The summed E-state index contributed by atoms with van der Waals surface area (Å²) in [5, 5.41) is 0. The van der Waals surface area contributed by atoms with Crippen molar-refractivity contribution in [2.75, 3.05) is 26.2 Å². The first-order valence-corrected chi connectivity index (χ1v) is 7.40. The molecule has 2 heterocycles. The second-order valence-corrected chi connectivity index (χ2v) is 5.43. The molecule has 1 aromatic carbocycles. The maximum atomic E-state index is 12.1. The van der Waals surface area contributed by atoms with Crippen LogP contribution in [0.4, 0.5) is 0 Å². The van der Waals surface area contributed by atoms with Crippen molar-refractivity contribution in [1.82, 2.24) is 9.80 Å². The van der Waals surface area contributed by atoms with E-state index in [0.717, 1.165) is 19.6 Å². The Kier molecular flexibility index (Phi) is 4.03. The highest BCUT2D eigenvalue weighted by molar-refractivity contribution is 6.21. The lowest BCUT2D eigenvalue weighted by Gasteiger charge is -2.23. The van der Waals surface area contributed by atoms with E-state index in [1.54, 1.807) is 24.3 Å². The summed E-state index contributed by atoms with van der Waals surface area (Å²) in [4.78, 5) is 27.8. The molecule has 0 radical (unpaired) electrons. The Morgan fingerprint density at radius 3 is 2.05 bits per heavy atom. The number of rotatable bonds is 2. The summed E-state index contributed by atoms with van der Waals surface area (Å²) in [6, 6.07) is 6.93. The monoisotopic (exact) mass is 282 g/mol. The molecule has 2 aliphatic rings. The Bertz CT molecular complexity index is 586. The van der Waals surface area contributed by atoms with E-state index in [2.05, 4.69) is 16.7 Å². The molecule has 3 rings (SSSR count). The first-order valence-electron chi connectivity index (χ1n) is 7.40. The van der Waals surface area contributed by atoms with Crippen LogP contribution >= 0.6 is 0 Å². The highest BCUT2D eigenvalue weighted by atomic mass is 16.2. The average Bonchev–Trinajstić information content (AvgIpc) is 2.77. The number of likely N-dealkylation sites (tertiary alicyclic amines) is 1. The summed E-state index contributed by atoms with van der Waals surface area (Å²) in [5.74, 6) is 5.58. The predicted octanol–water partition coefficient (Wildman–Crippen LogP) is 1.77. The molecule has 108 valence electrons. The fraction of sp³-hybridized carbons (Fsp3) is 0.412. The summed E-state index contributed by atoms with van der Waals surface area (Å²) in [5.41, 5.74) is 0.973. The highest BCUT2D eigenvalue weighted by Gasteiger charge is 2.34. The number of hydrogen-bond acceptors (Lipinski definition) is 3. The SMILES string of the molecule is O=C1c2ccccc2C(=O)N1CC#CCN1CCCCC1. The zero-order chi connectivity index (χ0) is 14.7. The molecule has 21 heavy (non-hydrogen) atoms. The van der Waals surface area contributed by atoms with E-state index in [1.807, 2.05) is 0 Å². The fourth-order valence-corrected chi connectivity index (χ4v) is 2.80. The highest BCUT2D eigenvalue weighted by Crippen LogP contribution is 2.21. The number of fused-ring (bicyclic) bond motifs is 1. The lowest BCUT2D eigenvalue weighted by atomic mass is 10.1. The molecular weight excluding hydrogens is 264 g/mol. The number of hydrogen-bond donors (Lipinski definition) is 0. The van der Waals surface area contributed by atoms with Crippen molar-refractivity contribution in [2.24, 2.45) is 0 Å². The first-order chi connectivity index (χ1) is 10.3. The molecule has 2 aliphatic heterocycles. The van der Waals surface area contributed by atoms with E-state index >= 15 is 0 Å². The van der Waals surface area contributed by atoms with Gasteiger partial charge in [-0.15, -0.1) is 0 Å². The van der Waals surface area contributed by atoms with Crippen LogP contribution in [0.25, 0.3) is 0 Å². The van der Waals surface area contributed by atoms with Crippen LogP contribution in [0.3, 0.4) is 0 Å². The van der Waals surface area contributed by atoms with Gasteiger partial charge in [-0.3, -0.25) is 19.4 Å². The number of piperidine rings is 1. The van der Waals surface area contributed by atoms with Crippen molar-refractivity contribution < 1.29 is 9.59 Å². The standard InChI is InChI=1S/C17H18N2O2/c20-16-14-8-2-3-9-15(14)17(21)19(16)13-7-6-12-18-10-4-1-5-11-18/h2-3,8-9H,1,4-5,10-13H2. The van der Waals surface area contributed by atoms with Gasteiger partial charge in [-0.1, -0.05) is 30.4 Å². The van der Waals surface area contributed by atoms with Crippen LogP contribution < -0.4 is 0 Å². The Labute approximate surface area is 124 Å². The molecular formula is C17H18N2O2. The minimum atomic E-state index is -0.233. The summed E-state index contributed by atoms with van der Waals surface area (Å²) in [6.07, 6.45) is 3.78. The quantitative estimate of drug-likeness (QED) is 0.613. The molecule has 0 aliphatic carbocycles. The largest absolute Gasteiger partial charge is 0.292 e. The van der Waals surface area contributed by atoms with Crippen LogP contribution in [0, 0.1) is 11.8 Å². The normalized spacial score (nSPS) is 18.4. The third-order valence-corrected chi connectivity index (χ3v) is 3.99. The molecule has 1 saturated heterocycles. The second-order valence-electron chi connectivity index (χ2n) is 5.43. The topological polar surface area (TPSA) is 40.6 Å². The zero-order valence-corrected chi connectivity index (χ0v) is 12.0. The van der Waals surface area contributed by atoms with Crippen LogP contribution in [0.2, 0.25) is 0 Å². The summed E-state index contributed by atoms with van der Waals surface area (Å²) in [6.45, 7) is 3.10. The van der Waals surface area contributed by atoms with Crippen LogP contribution in [-0.4, -0.2) is 47.8 Å². The smallest absolute Gasteiger partial charge is 0.262 e. The van der Waals surface area contributed by atoms with Crippen LogP contribution in [0.15, 0.2) is 24.3 Å². The minimum Gasteiger partial charge on any atom is -0.292 e. The number of nitrogens with zero attached hydrogens (tertiary/aromatic N) is 2. The second kappa shape index (κ2) is 6.11.